The smallest absolute Gasteiger partial charge is 0.319 e. The van der Waals surface area contributed by atoms with E-state index in [1.807, 2.05) is 6.92 Å². The number of likely N-dealkylation sites (tertiary alicyclic amines) is 1. The fourth-order valence-corrected chi connectivity index (χ4v) is 3.11. The summed E-state index contributed by atoms with van der Waals surface area (Å²) in [4.78, 5) is 10.8. The Hall–Kier alpha value is -1.70. The first-order chi connectivity index (χ1) is 12.1. The van der Waals surface area contributed by atoms with Gasteiger partial charge in [-0.1, -0.05) is 6.42 Å². The minimum atomic E-state index is -2.59. The van der Waals surface area contributed by atoms with E-state index < -0.39 is 6.55 Å². The van der Waals surface area contributed by atoms with Gasteiger partial charge in [0.25, 0.3) is 0 Å². The number of halogens is 2. The van der Waals surface area contributed by atoms with Crippen molar-refractivity contribution in [3.05, 3.63) is 18.2 Å². The number of aromatic nitrogens is 2. The zero-order valence-corrected chi connectivity index (χ0v) is 15.2. The lowest BCUT2D eigenvalue weighted by atomic mass is 10.0. The minimum Gasteiger partial charge on any atom is -0.357 e. The third-order valence-electron chi connectivity index (χ3n) is 4.54. The van der Waals surface area contributed by atoms with E-state index in [9.17, 15) is 8.78 Å². The molecule has 1 aromatic rings. The summed E-state index contributed by atoms with van der Waals surface area (Å²) in [5.74, 6) is 0.896. The largest absolute Gasteiger partial charge is 0.357 e. The third kappa shape index (κ3) is 6.26. The average Bonchev–Trinajstić information content (AvgIpc) is 3.06. The first kappa shape index (κ1) is 19.6. The summed E-state index contributed by atoms with van der Waals surface area (Å²) >= 11 is 0. The van der Waals surface area contributed by atoms with Crippen LogP contribution >= 0.6 is 0 Å². The highest BCUT2D eigenvalue weighted by atomic mass is 19.3. The first-order valence-electron chi connectivity index (χ1n) is 9.18. The van der Waals surface area contributed by atoms with Gasteiger partial charge < -0.3 is 15.5 Å². The second-order valence-electron chi connectivity index (χ2n) is 6.38. The third-order valence-corrected chi connectivity index (χ3v) is 4.54. The van der Waals surface area contributed by atoms with Gasteiger partial charge in [0.1, 0.15) is 12.4 Å². The minimum absolute atomic E-state index is 0.121. The highest BCUT2D eigenvalue weighted by molar-refractivity contribution is 5.79. The molecule has 1 aromatic heterocycles. The lowest BCUT2D eigenvalue weighted by Gasteiger charge is -2.33. The molecule has 0 saturated carbocycles. The maximum atomic E-state index is 12.8. The standard InChI is InChI=1S/C17H30F2N6/c1-3-20-17(23-13-15-21-9-12-25(15)16(18)19)22-8-6-11-24-10-5-4-7-14(24)2/h9,12,14,16H,3-8,10-11,13H2,1-2H3,(H2,20,22,23). The van der Waals surface area contributed by atoms with E-state index in [0.29, 0.717) is 12.0 Å². The van der Waals surface area contributed by atoms with Gasteiger partial charge in [-0.3, -0.25) is 4.57 Å². The molecule has 0 bridgehead atoms. The van der Waals surface area contributed by atoms with Crippen molar-refractivity contribution in [2.45, 2.75) is 58.7 Å². The molecule has 1 aliphatic rings. The van der Waals surface area contributed by atoms with Gasteiger partial charge in [-0.15, -0.1) is 0 Å². The lowest BCUT2D eigenvalue weighted by Crippen LogP contribution is -2.41. The van der Waals surface area contributed by atoms with Crippen LogP contribution in [0.2, 0.25) is 0 Å². The molecule has 142 valence electrons. The maximum absolute atomic E-state index is 12.8. The molecular weight excluding hydrogens is 326 g/mol. The van der Waals surface area contributed by atoms with Crippen molar-refractivity contribution < 1.29 is 8.78 Å². The van der Waals surface area contributed by atoms with Crippen molar-refractivity contribution in [2.24, 2.45) is 4.99 Å². The van der Waals surface area contributed by atoms with Crippen molar-refractivity contribution >= 4 is 5.96 Å². The van der Waals surface area contributed by atoms with Crippen molar-refractivity contribution in [3.63, 3.8) is 0 Å². The molecule has 25 heavy (non-hydrogen) atoms. The van der Waals surface area contributed by atoms with Gasteiger partial charge in [-0.05, 0) is 39.7 Å². The first-order valence-corrected chi connectivity index (χ1v) is 9.18. The van der Waals surface area contributed by atoms with Gasteiger partial charge >= 0.3 is 6.55 Å². The predicted octanol–water partition coefficient (Wildman–Crippen LogP) is 2.60. The lowest BCUT2D eigenvalue weighted by molar-refractivity contribution is 0.0671. The molecule has 0 amide bonds. The van der Waals surface area contributed by atoms with Crippen molar-refractivity contribution in [3.8, 4) is 0 Å². The number of aliphatic imine (C=N–C) groups is 1. The monoisotopic (exact) mass is 356 g/mol. The van der Waals surface area contributed by atoms with Crippen LogP contribution in [0.25, 0.3) is 0 Å². The van der Waals surface area contributed by atoms with E-state index in [-0.39, 0.29) is 12.4 Å². The number of rotatable bonds is 8. The Morgan fingerprint density at radius 2 is 2.24 bits per heavy atom. The molecule has 1 saturated heterocycles. The van der Waals surface area contributed by atoms with Crippen molar-refractivity contribution in [1.29, 1.82) is 0 Å². The van der Waals surface area contributed by atoms with Crippen molar-refractivity contribution in [2.75, 3.05) is 26.2 Å². The van der Waals surface area contributed by atoms with Crippen molar-refractivity contribution in [1.82, 2.24) is 25.1 Å². The van der Waals surface area contributed by atoms with E-state index in [4.69, 9.17) is 0 Å². The molecule has 8 heteroatoms. The fourth-order valence-electron chi connectivity index (χ4n) is 3.11. The number of imidazole rings is 1. The molecule has 2 rings (SSSR count). The number of hydrogen-bond acceptors (Lipinski definition) is 3. The topological polar surface area (TPSA) is 57.5 Å². The molecule has 1 atom stereocenters. The summed E-state index contributed by atoms with van der Waals surface area (Å²) in [6.45, 7) is 5.59. The van der Waals surface area contributed by atoms with E-state index in [2.05, 4.69) is 32.4 Å². The van der Waals surface area contributed by atoms with Crippen LogP contribution in [-0.4, -0.2) is 52.6 Å². The molecule has 0 aliphatic carbocycles. The molecule has 1 unspecified atom stereocenters. The van der Waals surface area contributed by atoms with Gasteiger partial charge in [0.15, 0.2) is 5.96 Å². The molecule has 6 nitrogen and oxygen atoms in total. The number of guanidine groups is 1. The Kier molecular flexibility index (Phi) is 8.11. The molecule has 1 aliphatic heterocycles. The molecule has 2 N–H and O–H groups in total. The van der Waals surface area contributed by atoms with Gasteiger partial charge in [0, 0.05) is 38.1 Å². The van der Waals surface area contributed by atoms with Gasteiger partial charge in [0.2, 0.25) is 0 Å². The van der Waals surface area contributed by atoms with Crippen LogP contribution in [0.4, 0.5) is 8.78 Å². The highest BCUT2D eigenvalue weighted by Gasteiger charge is 2.17. The summed E-state index contributed by atoms with van der Waals surface area (Å²) in [5.41, 5.74) is 0. The quantitative estimate of drug-likeness (QED) is 0.427. The van der Waals surface area contributed by atoms with E-state index >= 15 is 0 Å². The molecule has 0 spiro atoms. The zero-order chi connectivity index (χ0) is 18.1. The summed E-state index contributed by atoms with van der Waals surface area (Å²) < 4.78 is 26.5. The Balaban J connectivity index is 1.78. The molecule has 2 heterocycles. The molecular formula is C17H30F2N6. The second kappa shape index (κ2) is 10.3. The van der Waals surface area contributed by atoms with Crippen LogP contribution in [-0.2, 0) is 6.54 Å². The van der Waals surface area contributed by atoms with Crippen LogP contribution in [0.15, 0.2) is 17.4 Å². The summed E-state index contributed by atoms with van der Waals surface area (Å²) in [6, 6.07) is 0.670. The van der Waals surface area contributed by atoms with Gasteiger partial charge in [-0.2, -0.15) is 8.78 Å². The van der Waals surface area contributed by atoms with Gasteiger partial charge in [0.05, 0.1) is 0 Å². The molecule has 0 radical (unpaired) electrons. The number of piperidine rings is 1. The summed E-state index contributed by atoms with van der Waals surface area (Å²) in [6.07, 6.45) is 7.59. The Bertz CT molecular complexity index is 531. The number of alkyl halides is 2. The summed E-state index contributed by atoms with van der Waals surface area (Å²) in [5, 5.41) is 6.42. The Morgan fingerprint density at radius 1 is 1.40 bits per heavy atom. The van der Waals surface area contributed by atoms with Crippen LogP contribution in [0, 0.1) is 0 Å². The van der Waals surface area contributed by atoms with Crippen LogP contribution in [0.1, 0.15) is 51.9 Å². The van der Waals surface area contributed by atoms with E-state index in [0.717, 1.165) is 30.6 Å². The Morgan fingerprint density at radius 3 is 2.96 bits per heavy atom. The normalized spacial score (nSPS) is 19.4. The maximum Gasteiger partial charge on any atom is 0.319 e. The van der Waals surface area contributed by atoms with Crippen LogP contribution in [0.3, 0.4) is 0 Å². The number of hydrogen-bond donors (Lipinski definition) is 2. The Labute approximate surface area is 148 Å². The van der Waals surface area contributed by atoms with Gasteiger partial charge in [-0.25, -0.2) is 9.98 Å². The van der Waals surface area contributed by atoms with E-state index in [1.54, 1.807) is 0 Å². The SMILES string of the molecule is CCNC(=NCc1nccn1C(F)F)NCCCN1CCCCC1C. The summed E-state index contributed by atoms with van der Waals surface area (Å²) in [7, 11) is 0. The fraction of sp³-hybridized carbons (Fsp3) is 0.765. The number of nitrogens with one attached hydrogen (secondary N) is 2. The van der Waals surface area contributed by atoms with Crippen LogP contribution in [0.5, 0.6) is 0 Å². The second-order valence-corrected chi connectivity index (χ2v) is 6.38. The highest BCUT2D eigenvalue weighted by Crippen LogP contribution is 2.16. The van der Waals surface area contributed by atoms with E-state index in [1.165, 1.54) is 38.2 Å². The molecule has 0 aromatic carbocycles. The van der Waals surface area contributed by atoms with Crippen LogP contribution < -0.4 is 10.6 Å². The molecule has 1 fully saturated rings. The predicted molar refractivity (Wildman–Crippen MR) is 95.8 cm³/mol. The number of nitrogens with zero attached hydrogens (tertiary/aromatic N) is 4. The average molecular weight is 356 g/mol. The zero-order valence-electron chi connectivity index (χ0n) is 15.2.